The van der Waals surface area contributed by atoms with Crippen LogP contribution >= 0.6 is 0 Å². The topological polar surface area (TPSA) is 21.9 Å². The van der Waals surface area contributed by atoms with Crippen molar-refractivity contribution in [2.24, 2.45) is 0 Å². The monoisotopic (exact) mass is 777 g/mol. The number of ether oxygens (including phenoxy) is 1. The Morgan fingerprint density at radius 1 is 0.678 bits per heavy atom. The van der Waals surface area contributed by atoms with E-state index >= 15 is 0 Å². The number of rotatable bonds is 4. The Kier molecular flexibility index (Phi) is 5.81. The maximum absolute atomic E-state index is 9.15. The van der Waals surface area contributed by atoms with Crippen LogP contribution < -0.4 is 13.9 Å². The quantitative estimate of drug-likeness (QED) is 0.163. The summed E-state index contributed by atoms with van der Waals surface area (Å²) in [6.07, 6.45) is 1.91. The zero-order valence-corrected chi connectivity index (χ0v) is 34.7. The average molecular weight is 778 g/mol. The molecular weight excluding hydrogens is 719 g/mol. The molecule has 3 aliphatic heterocycles. The molecule has 0 N–H and O–H groups in total. The van der Waals surface area contributed by atoms with Crippen LogP contribution in [-0.4, -0.2) is 4.57 Å². The van der Waals surface area contributed by atoms with E-state index in [4.69, 9.17) is 15.7 Å². The molecule has 0 amide bonds. The molecule has 59 heavy (non-hydrogen) atoms. The van der Waals surface area contributed by atoms with Crippen molar-refractivity contribution in [3.05, 3.63) is 167 Å². The summed E-state index contributed by atoms with van der Waals surface area (Å²) in [4.78, 5) is 0. The van der Waals surface area contributed by atoms with Gasteiger partial charge in [-0.3, -0.25) is 0 Å². The van der Waals surface area contributed by atoms with Crippen LogP contribution in [0.1, 0.15) is 100 Å². The highest BCUT2D eigenvalue weighted by molar-refractivity contribution is 5.98. The third kappa shape index (κ3) is 5.02. The van der Waals surface area contributed by atoms with Gasteiger partial charge in [0.1, 0.15) is 22.6 Å². The van der Waals surface area contributed by atoms with Crippen LogP contribution in [0.4, 0.5) is 0 Å². The fraction of sp³-hybridized carbons (Fsp3) is 0.236. The molecule has 3 aliphatic rings. The van der Waals surface area contributed by atoms with E-state index in [-0.39, 0.29) is 16.4 Å². The van der Waals surface area contributed by atoms with Crippen LogP contribution in [0.2, 0.25) is 0 Å². The number of imidazole rings is 1. The van der Waals surface area contributed by atoms with E-state index in [1.54, 1.807) is 6.07 Å². The maximum Gasteiger partial charge on any atom is 0.499 e. The lowest BCUT2D eigenvalue weighted by atomic mass is 9.80. The van der Waals surface area contributed by atoms with Crippen molar-refractivity contribution < 1.29 is 24.8 Å². The Labute approximate surface area is 359 Å². The van der Waals surface area contributed by atoms with Gasteiger partial charge in [-0.2, -0.15) is 4.57 Å². The number of fused-ring (bicyclic) bond motifs is 5. The van der Waals surface area contributed by atoms with Crippen LogP contribution in [0.25, 0.3) is 72.7 Å². The van der Waals surface area contributed by atoms with Crippen molar-refractivity contribution in [2.45, 2.75) is 84.8 Å². The van der Waals surface area contributed by atoms with E-state index in [9.17, 15) is 0 Å². The Bertz CT molecular complexity index is 3450. The molecule has 2 aromatic heterocycles. The first-order valence-electron chi connectivity index (χ1n) is 24.4. The van der Waals surface area contributed by atoms with E-state index in [0.29, 0.717) is 11.3 Å². The van der Waals surface area contributed by atoms with Gasteiger partial charge in [-0.05, 0) is 105 Å². The minimum atomic E-state index is -2.83. The molecule has 0 bridgehead atoms. The Hall–Kier alpha value is -6.26. The number of para-hydroxylation sites is 2. The van der Waals surface area contributed by atoms with Gasteiger partial charge in [-0.25, -0.2) is 0 Å². The first-order valence-corrected chi connectivity index (χ1v) is 20.4. The van der Waals surface area contributed by atoms with Crippen LogP contribution in [0.15, 0.2) is 140 Å². The molecule has 0 saturated heterocycles. The normalized spacial score (nSPS) is 18.2. The van der Waals surface area contributed by atoms with Gasteiger partial charge in [-0.1, -0.05) is 134 Å². The summed E-state index contributed by atoms with van der Waals surface area (Å²) >= 11 is 0. The first kappa shape index (κ1) is 28.2. The van der Waals surface area contributed by atoms with Gasteiger partial charge in [0, 0.05) is 34.3 Å². The molecule has 0 aliphatic carbocycles. The van der Waals surface area contributed by atoms with Gasteiger partial charge in [0.15, 0.2) is 17.2 Å². The molecule has 0 fully saturated rings. The van der Waals surface area contributed by atoms with Crippen molar-refractivity contribution >= 4 is 11.0 Å². The number of aromatic nitrogens is 3. The second kappa shape index (κ2) is 12.1. The molecule has 4 heteroatoms. The standard InChI is InChI=1S/C55H51N3O/c1-33(2)37-23-26-46(43(29-37)36-21-24-39(25-22-36)53(4,5)6)57-47-15-12-14-41-44-31-40(54(7,8)9)32-45-48-30-38(35-19-17-34(3)18-20-35)27-28-56(48)55(50(44)45)58(51(41)47)52(57)42-13-10-11-16-49(42)59-55/h10-33H,1-9H3/q+2/i3D3,17D,18D,19D,20D,33D. The largest absolute Gasteiger partial charge is 0.499 e. The van der Waals surface area contributed by atoms with E-state index in [1.807, 2.05) is 44.3 Å². The summed E-state index contributed by atoms with van der Waals surface area (Å²) in [5, 5.41) is 0. The summed E-state index contributed by atoms with van der Waals surface area (Å²) in [5.74, 6) is -0.596. The van der Waals surface area contributed by atoms with Crippen molar-refractivity contribution in [1.29, 1.82) is 0 Å². The second-order valence-corrected chi connectivity index (χ2v) is 18.6. The molecule has 0 radical (unpaired) electrons. The van der Waals surface area contributed by atoms with Gasteiger partial charge in [0.25, 0.3) is 0 Å². The summed E-state index contributed by atoms with van der Waals surface area (Å²) in [6.45, 7) is 14.2. The summed E-state index contributed by atoms with van der Waals surface area (Å²) < 4.78 is 83.4. The molecule has 290 valence electrons. The summed E-state index contributed by atoms with van der Waals surface area (Å²) in [6, 6.07) is 36.0. The lowest BCUT2D eigenvalue weighted by Gasteiger charge is -2.32. The molecule has 5 heterocycles. The molecular formula is C55H51N3O+2. The first-order chi connectivity index (χ1) is 31.4. The summed E-state index contributed by atoms with van der Waals surface area (Å²) in [7, 11) is 0. The Balaban J connectivity index is 1.27. The third-order valence-corrected chi connectivity index (χ3v) is 12.6. The number of benzene rings is 6. The third-order valence-electron chi connectivity index (χ3n) is 12.6. The number of pyridine rings is 1. The predicted octanol–water partition coefficient (Wildman–Crippen LogP) is 12.8. The molecule has 4 nitrogen and oxygen atoms in total. The predicted molar refractivity (Wildman–Crippen MR) is 240 cm³/mol. The molecule has 0 saturated carbocycles. The van der Waals surface area contributed by atoms with E-state index in [1.165, 1.54) is 5.56 Å². The summed E-state index contributed by atoms with van der Waals surface area (Å²) in [5.41, 5.74) is 13.2. The van der Waals surface area contributed by atoms with Gasteiger partial charge < -0.3 is 4.74 Å². The molecule has 1 spiro atoms. The van der Waals surface area contributed by atoms with E-state index in [0.717, 1.165) is 78.3 Å². The average Bonchev–Trinajstić information content (AvgIpc) is 3.75. The highest BCUT2D eigenvalue weighted by Gasteiger charge is 2.68. The van der Waals surface area contributed by atoms with Crippen molar-refractivity contribution in [1.82, 2.24) is 4.57 Å². The van der Waals surface area contributed by atoms with E-state index < -0.39 is 48.3 Å². The molecule has 11 rings (SSSR count). The van der Waals surface area contributed by atoms with Gasteiger partial charge in [0.2, 0.25) is 5.69 Å². The van der Waals surface area contributed by atoms with Crippen LogP contribution in [0.3, 0.4) is 0 Å². The zero-order chi connectivity index (χ0) is 47.7. The van der Waals surface area contributed by atoms with Gasteiger partial charge in [0.05, 0.1) is 11.0 Å². The van der Waals surface area contributed by atoms with Crippen molar-refractivity contribution in [3.8, 4) is 67.5 Å². The molecule has 8 aromatic rings. The number of hydrogen-bond donors (Lipinski definition) is 0. The van der Waals surface area contributed by atoms with Crippen LogP contribution in [-0.2, 0) is 16.7 Å². The van der Waals surface area contributed by atoms with Crippen LogP contribution in [0, 0.1) is 6.85 Å². The highest BCUT2D eigenvalue weighted by atomic mass is 16.5. The molecule has 1 unspecified atom stereocenters. The number of nitrogens with zero attached hydrogens (tertiary/aromatic N) is 3. The van der Waals surface area contributed by atoms with Gasteiger partial charge in [-0.15, -0.1) is 9.13 Å². The molecule has 6 aromatic carbocycles. The SMILES string of the molecule is [2H]c1c([2H])c(C([2H])([2H])[2H])c([2H])c([2H])c1-c1cc[n+]2c(c1)-c1cc(C(C)(C)C)cc3c1C21Oc2ccccc2-c2n(-c4ccc(C([2H])(C)C)cc4-c4ccc(C(C)(C)C)cc4)c4cccc-3c4[n+]21. The highest BCUT2D eigenvalue weighted by Crippen LogP contribution is 2.54. The van der Waals surface area contributed by atoms with Crippen LogP contribution in [0.5, 0.6) is 5.75 Å². The van der Waals surface area contributed by atoms with Gasteiger partial charge >= 0.3 is 11.7 Å². The lowest BCUT2D eigenvalue weighted by Crippen LogP contribution is -2.78. The fourth-order valence-electron chi connectivity index (χ4n) is 9.49. The number of hydrogen-bond acceptors (Lipinski definition) is 1. The van der Waals surface area contributed by atoms with Crippen molar-refractivity contribution in [2.75, 3.05) is 0 Å². The van der Waals surface area contributed by atoms with Crippen molar-refractivity contribution in [3.63, 3.8) is 0 Å². The maximum atomic E-state index is 9.15. The fourth-order valence-corrected chi connectivity index (χ4v) is 9.49. The zero-order valence-electron chi connectivity index (χ0n) is 42.7. The van der Waals surface area contributed by atoms with E-state index in [2.05, 4.69) is 134 Å². The second-order valence-electron chi connectivity index (χ2n) is 18.6. The minimum absolute atomic E-state index is 0.0263. The minimum Gasteiger partial charge on any atom is -0.392 e. The molecule has 1 atom stereocenters. The Morgan fingerprint density at radius 3 is 2.14 bits per heavy atom. The lowest BCUT2D eigenvalue weighted by molar-refractivity contribution is -0.997. The Morgan fingerprint density at radius 2 is 1.41 bits per heavy atom. The smallest absolute Gasteiger partial charge is 0.392 e.